The minimum atomic E-state index is 0.112. The predicted molar refractivity (Wildman–Crippen MR) is 78.5 cm³/mol. The lowest BCUT2D eigenvalue weighted by Crippen LogP contribution is -2.38. The second kappa shape index (κ2) is 5.63. The molecule has 1 unspecified atom stereocenters. The van der Waals surface area contributed by atoms with Crippen molar-refractivity contribution in [3.05, 3.63) is 23.2 Å². The van der Waals surface area contributed by atoms with Crippen LogP contribution in [0.2, 0.25) is 5.02 Å². The van der Waals surface area contributed by atoms with Crippen LogP contribution in [0, 0.1) is 0 Å². The Labute approximate surface area is 120 Å². The van der Waals surface area contributed by atoms with Crippen molar-refractivity contribution in [1.82, 2.24) is 4.98 Å². The van der Waals surface area contributed by atoms with E-state index in [4.69, 9.17) is 21.1 Å². The summed E-state index contributed by atoms with van der Waals surface area (Å²) in [4.78, 5) is 6.69. The number of halogens is 1. The van der Waals surface area contributed by atoms with Crippen molar-refractivity contribution >= 4 is 38.3 Å². The van der Waals surface area contributed by atoms with E-state index in [2.05, 4.69) is 9.88 Å². The van der Waals surface area contributed by atoms with Gasteiger partial charge in [-0.05, 0) is 12.1 Å². The topological polar surface area (TPSA) is 34.6 Å². The Bertz CT molecular complexity index is 569. The van der Waals surface area contributed by atoms with Crippen LogP contribution < -0.4 is 4.90 Å². The van der Waals surface area contributed by atoms with E-state index in [-0.39, 0.29) is 6.10 Å². The fourth-order valence-corrected chi connectivity index (χ4v) is 3.33. The van der Waals surface area contributed by atoms with Gasteiger partial charge in [-0.1, -0.05) is 29.0 Å². The summed E-state index contributed by atoms with van der Waals surface area (Å²) < 4.78 is 12.2. The van der Waals surface area contributed by atoms with E-state index in [1.54, 1.807) is 11.3 Å². The summed E-state index contributed by atoms with van der Waals surface area (Å²) in [5.74, 6) is 0. The highest BCUT2D eigenvalue weighted by Crippen LogP contribution is 2.32. The van der Waals surface area contributed by atoms with E-state index in [9.17, 15) is 0 Å². The molecule has 1 aromatic heterocycles. The van der Waals surface area contributed by atoms with Crippen molar-refractivity contribution in [2.45, 2.75) is 6.10 Å². The van der Waals surface area contributed by atoms with E-state index in [0.29, 0.717) is 24.8 Å². The first-order valence-electron chi connectivity index (χ1n) is 6.19. The number of nitrogens with zero attached hydrogens (tertiary/aromatic N) is 2. The molecule has 0 N–H and O–H groups in total. The van der Waals surface area contributed by atoms with Crippen molar-refractivity contribution in [3.8, 4) is 0 Å². The molecule has 1 aromatic carbocycles. The molecule has 102 valence electrons. The standard InChI is InChI=1S/C13H15ClN2O2S/c1-16(7-9-8-17-5-6-18-9)13-15-12-10(14)3-2-4-11(12)19-13/h2-4,9H,5-8H2,1H3. The number of hydrogen-bond donors (Lipinski definition) is 0. The van der Waals surface area contributed by atoms with Crippen molar-refractivity contribution in [2.24, 2.45) is 0 Å². The van der Waals surface area contributed by atoms with Gasteiger partial charge in [0, 0.05) is 13.6 Å². The minimum Gasteiger partial charge on any atom is -0.376 e. The number of aromatic nitrogens is 1. The highest BCUT2D eigenvalue weighted by molar-refractivity contribution is 7.22. The summed E-state index contributed by atoms with van der Waals surface area (Å²) in [6.45, 7) is 2.79. The van der Waals surface area contributed by atoms with Gasteiger partial charge in [0.1, 0.15) is 5.52 Å². The zero-order valence-electron chi connectivity index (χ0n) is 10.6. The maximum atomic E-state index is 6.15. The van der Waals surface area contributed by atoms with Crippen LogP contribution >= 0.6 is 22.9 Å². The molecule has 0 saturated carbocycles. The quantitative estimate of drug-likeness (QED) is 0.873. The van der Waals surface area contributed by atoms with Gasteiger partial charge in [0.15, 0.2) is 5.13 Å². The van der Waals surface area contributed by atoms with Crippen molar-refractivity contribution in [2.75, 3.05) is 38.3 Å². The summed E-state index contributed by atoms with van der Waals surface area (Å²) in [5, 5.41) is 1.66. The molecule has 4 nitrogen and oxygen atoms in total. The molecule has 2 heterocycles. The fraction of sp³-hybridized carbons (Fsp3) is 0.462. The third-order valence-electron chi connectivity index (χ3n) is 3.05. The molecule has 1 aliphatic rings. The molecule has 1 saturated heterocycles. The highest BCUT2D eigenvalue weighted by Gasteiger charge is 2.18. The molecule has 0 radical (unpaired) electrons. The molecule has 19 heavy (non-hydrogen) atoms. The number of benzene rings is 1. The number of likely N-dealkylation sites (N-methyl/N-ethyl adjacent to an activating group) is 1. The second-order valence-corrected chi connectivity index (χ2v) is 5.95. The van der Waals surface area contributed by atoms with Gasteiger partial charge in [-0.15, -0.1) is 0 Å². The van der Waals surface area contributed by atoms with Gasteiger partial charge >= 0.3 is 0 Å². The molecule has 1 atom stereocenters. The van der Waals surface area contributed by atoms with Crippen molar-refractivity contribution in [1.29, 1.82) is 0 Å². The Morgan fingerprint density at radius 2 is 2.37 bits per heavy atom. The molecule has 0 aliphatic carbocycles. The van der Waals surface area contributed by atoms with Crippen LogP contribution in [0.4, 0.5) is 5.13 Å². The molecular weight excluding hydrogens is 284 g/mol. The number of thiazole rings is 1. The van der Waals surface area contributed by atoms with Gasteiger partial charge in [-0.25, -0.2) is 4.98 Å². The summed E-state index contributed by atoms with van der Waals surface area (Å²) in [7, 11) is 2.02. The molecular formula is C13H15ClN2O2S. The molecule has 6 heteroatoms. The van der Waals surface area contributed by atoms with Crippen LogP contribution in [0.15, 0.2) is 18.2 Å². The largest absolute Gasteiger partial charge is 0.376 e. The first-order chi connectivity index (χ1) is 9.24. The third-order valence-corrected chi connectivity index (χ3v) is 4.49. The summed E-state index contributed by atoms with van der Waals surface area (Å²) in [5.41, 5.74) is 0.872. The zero-order chi connectivity index (χ0) is 13.2. The number of fused-ring (bicyclic) bond motifs is 1. The van der Waals surface area contributed by atoms with Crippen LogP contribution in [0.1, 0.15) is 0 Å². The Hall–Kier alpha value is -0.880. The smallest absolute Gasteiger partial charge is 0.186 e. The van der Waals surface area contributed by atoms with E-state index in [0.717, 1.165) is 21.9 Å². The molecule has 2 aromatic rings. The van der Waals surface area contributed by atoms with Gasteiger partial charge in [0.2, 0.25) is 0 Å². The number of ether oxygens (including phenoxy) is 2. The Balaban J connectivity index is 1.77. The van der Waals surface area contributed by atoms with Crippen LogP contribution in [0.25, 0.3) is 10.2 Å². The summed E-state index contributed by atoms with van der Waals surface area (Å²) in [6.07, 6.45) is 0.112. The van der Waals surface area contributed by atoms with Gasteiger partial charge in [0.05, 0.1) is 35.6 Å². The predicted octanol–water partition coefficient (Wildman–Crippen LogP) is 2.80. The van der Waals surface area contributed by atoms with Crippen LogP contribution in [0.3, 0.4) is 0 Å². The van der Waals surface area contributed by atoms with Crippen LogP contribution in [-0.2, 0) is 9.47 Å². The molecule has 1 fully saturated rings. The van der Waals surface area contributed by atoms with E-state index < -0.39 is 0 Å². The Morgan fingerprint density at radius 1 is 1.47 bits per heavy atom. The summed E-state index contributed by atoms with van der Waals surface area (Å²) in [6, 6.07) is 5.85. The minimum absolute atomic E-state index is 0.112. The lowest BCUT2D eigenvalue weighted by molar-refractivity contribution is -0.0837. The molecule has 1 aliphatic heterocycles. The van der Waals surface area contributed by atoms with Crippen molar-refractivity contribution in [3.63, 3.8) is 0 Å². The van der Waals surface area contributed by atoms with Crippen molar-refractivity contribution < 1.29 is 9.47 Å². The molecule has 0 bridgehead atoms. The van der Waals surface area contributed by atoms with E-state index >= 15 is 0 Å². The fourth-order valence-electron chi connectivity index (χ4n) is 2.09. The van der Waals surface area contributed by atoms with Crippen LogP contribution in [-0.4, -0.2) is 44.5 Å². The maximum absolute atomic E-state index is 6.15. The first-order valence-corrected chi connectivity index (χ1v) is 7.39. The molecule has 3 rings (SSSR count). The Morgan fingerprint density at radius 3 is 3.11 bits per heavy atom. The molecule has 0 spiro atoms. The number of para-hydroxylation sites is 1. The average Bonchev–Trinajstić information content (AvgIpc) is 2.85. The number of hydrogen-bond acceptors (Lipinski definition) is 5. The van der Waals surface area contributed by atoms with E-state index in [1.807, 2.05) is 25.2 Å². The van der Waals surface area contributed by atoms with Gasteiger partial charge in [-0.2, -0.15) is 0 Å². The average molecular weight is 299 g/mol. The molecule has 0 amide bonds. The maximum Gasteiger partial charge on any atom is 0.186 e. The summed E-state index contributed by atoms with van der Waals surface area (Å²) >= 11 is 7.79. The SMILES string of the molecule is CN(CC1COCCO1)c1nc2c(Cl)cccc2s1. The normalized spacial score (nSPS) is 19.8. The first kappa shape index (κ1) is 13.1. The zero-order valence-corrected chi connectivity index (χ0v) is 12.2. The number of anilines is 1. The third kappa shape index (κ3) is 2.84. The number of rotatable bonds is 3. The van der Waals surface area contributed by atoms with Gasteiger partial charge in [0.25, 0.3) is 0 Å². The second-order valence-electron chi connectivity index (χ2n) is 4.53. The lowest BCUT2D eigenvalue weighted by Gasteiger charge is -2.27. The van der Waals surface area contributed by atoms with Crippen LogP contribution in [0.5, 0.6) is 0 Å². The van der Waals surface area contributed by atoms with E-state index in [1.165, 1.54) is 0 Å². The van der Waals surface area contributed by atoms with Gasteiger partial charge in [-0.3, -0.25) is 0 Å². The lowest BCUT2D eigenvalue weighted by atomic mass is 10.3. The monoisotopic (exact) mass is 298 g/mol. The van der Waals surface area contributed by atoms with Gasteiger partial charge < -0.3 is 14.4 Å². The highest BCUT2D eigenvalue weighted by atomic mass is 35.5. The Kier molecular flexibility index (Phi) is 3.88.